The number of hydrogen-bond acceptors (Lipinski definition) is 2. The van der Waals surface area contributed by atoms with Gasteiger partial charge >= 0.3 is 0 Å². The molecule has 0 aliphatic heterocycles. The lowest BCUT2D eigenvalue weighted by Crippen LogP contribution is -2.11. The van der Waals surface area contributed by atoms with E-state index in [-0.39, 0.29) is 17.8 Å². The minimum atomic E-state index is 0.190. The summed E-state index contributed by atoms with van der Waals surface area (Å²) in [6, 6.07) is 1.92. The molecule has 1 aromatic heterocycles. The molecule has 2 rings (SSSR count). The van der Waals surface area contributed by atoms with Crippen LogP contribution in [0.4, 0.5) is 0 Å². The van der Waals surface area contributed by atoms with Crippen molar-refractivity contribution in [2.45, 2.75) is 57.9 Å². The van der Waals surface area contributed by atoms with E-state index in [1.807, 2.05) is 12.2 Å². The number of unbranched alkanes of at least 4 members (excludes halogenated alkanes) is 1. The standard InChI is InChI=1S/C15H23NO2/c1-2-3-5-8-12-11-14(17)16(15(12)18)13-9-6-4-7-10-13/h5,8,11,13,17-18H,2-4,6-7,9-10H2,1H3/b8-5-. The molecule has 1 saturated carbocycles. The maximum absolute atomic E-state index is 10.2. The third-order valence-corrected chi connectivity index (χ3v) is 3.71. The number of nitrogens with zero attached hydrogens (tertiary/aromatic N) is 1. The van der Waals surface area contributed by atoms with E-state index < -0.39 is 0 Å². The Hall–Kier alpha value is -1.38. The number of aromatic nitrogens is 1. The largest absolute Gasteiger partial charge is 0.494 e. The number of hydrogen-bond donors (Lipinski definition) is 2. The van der Waals surface area contributed by atoms with Gasteiger partial charge in [0.1, 0.15) is 0 Å². The molecule has 0 saturated heterocycles. The Kier molecular flexibility index (Phi) is 4.34. The molecule has 2 N–H and O–H groups in total. The van der Waals surface area contributed by atoms with Gasteiger partial charge in [-0.3, -0.25) is 4.57 Å². The van der Waals surface area contributed by atoms with Crippen molar-refractivity contribution in [1.82, 2.24) is 4.57 Å². The lowest BCUT2D eigenvalue weighted by molar-refractivity contribution is 0.282. The Bertz CT molecular complexity index is 414. The summed E-state index contributed by atoms with van der Waals surface area (Å²) in [5.74, 6) is 0.405. The lowest BCUT2D eigenvalue weighted by atomic mass is 9.95. The van der Waals surface area contributed by atoms with Gasteiger partial charge in [-0.15, -0.1) is 0 Å². The van der Waals surface area contributed by atoms with Crippen molar-refractivity contribution in [2.75, 3.05) is 0 Å². The van der Waals surface area contributed by atoms with Crippen LogP contribution in [-0.2, 0) is 0 Å². The number of rotatable bonds is 4. The van der Waals surface area contributed by atoms with Crippen LogP contribution >= 0.6 is 0 Å². The topological polar surface area (TPSA) is 45.4 Å². The van der Waals surface area contributed by atoms with E-state index in [4.69, 9.17) is 0 Å². The second kappa shape index (κ2) is 5.98. The summed E-state index contributed by atoms with van der Waals surface area (Å²) in [4.78, 5) is 0. The molecule has 0 bridgehead atoms. The second-order valence-corrected chi connectivity index (χ2v) is 5.13. The van der Waals surface area contributed by atoms with Crippen LogP contribution in [0.2, 0.25) is 0 Å². The highest BCUT2D eigenvalue weighted by Crippen LogP contribution is 2.38. The van der Waals surface area contributed by atoms with Gasteiger partial charge in [-0.05, 0) is 19.3 Å². The van der Waals surface area contributed by atoms with E-state index in [2.05, 4.69) is 6.92 Å². The summed E-state index contributed by atoms with van der Waals surface area (Å²) in [6.45, 7) is 2.12. The fourth-order valence-corrected chi connectivity index (χ4v) is 2.72. The predicted octanol–water partition coefficient (Wildman–Crippen LogP) is 4.22. The van der Waals surface area contributed by atoms with Gasteiger partial charge in [-0.1, -0.05) is 44.8 Å². The van der Waals surface area contributed by atoms with Crippen molar-refractivity contribution in [3.8, 4) is 11.8 Å². The van der Waals surface area contributed by atoms with Gasteiger partial charge < -0.3 is 10.2 Å². The zero-order chi connectivity index (χ0) is 13.0. The summed E-state index contributed by atoms with van der Waals surface area (Å²) < 4.78 is 1.70. The van der Waals surface area contributed by atoms with Gasteiger partial charge in [-0.25, -0.2) is 0 Å². The molecule has 3 nitrogen and oxygen atoms in total. The Balaban J connectivity index is 2.20. The van der Waals surface area contributed by atoms with Gasteiger partial charge in [0.25, 0.3) is 0 Å². The molecule has 0 spiro atoms. The average molecular weight is 249 g/mol. The third-order valence-electron chi connectivity index (χ3n) is 3.71. The summed E-state index contributed by atoms with van der Waals surface area (Å²) in [5, 5.41) is 20.2. The molecule has 100 valence electrons. The summed E-state index contributed by atoms with van der Waals surface area (Å²) in [7, 11) is 0. The fraction of sp³-hybridized carbons (Fsp3) is 0.600. The summed E-state index contributed by atoms with van der Waals surface area (Å²) in [5.41, 5.74) is 0.728. The zero-order valence-electron chi connectivity index (χ0n) is 11.1. The van der Waals surface area contributed by atoms with Crippen LogP contribution in [0.1, 0.15) is 63.5 Å². The lowest BCUT2D eigenvalue weighted by Gasteiger charge is -2.24. The highest BCUT2D eigenvalue weighted by atomic mass is 16.3. The van der Waals surface area contributed by atoms with E-state index in [1.54, 1.807) is 10.6 Å². The van der Waals surface area contributed by atoms with Crippen molar-refractivity contribution in [3.05, 3.63) is 17.7 Å². The highest BCUT2D eigenvalue weighted by molar-refractivity contribution is 5.58. The molecule has 0 atom stereocenters. The molecule has 0 amide bonds. The molecule has 18 heavy (non-hydrogen) atoms. The first-order chi connectivity index (χ1) is 8.74. The minimum absolute atomic E-state index is 0.190. The first-order valence-electron chi connectivity index (χ1n) is 7.03. The number of aromatic hydroxyl groups is 2. The van der Waals surface area contributed by atoms with Gasteiger partial charge in [0.15, 0.2) is 5.88 Å². The first kappa shape index (κ1) is 13.1. The maximum atomic E-state index is 10.2. The molecular formula is C15H23NO2. The van der Waals surface area contributed by atoms with Crippen LogP contribution < -0.4 is 0 Å². The first-order valence-corrected chi connectivity index (χ1v) is 7.03. The quantitative estimate of drug-likeness (QED) is 0.839. The molecule has 1 heterocycles. The molecule has 0 aromatic carbocycles. The molecule has 0 unspecified atom stereocenters. The minimum Gasteiger partial charge on any atom is -0.494 e. The monoisotopic (exact) mass is 249 g/mol. The van der Waals surface area contributed by atoms with E-state index in [0.717, 1.165) is 31.2 Å². The smallest absolute Gasteiger partial charge is 0.201 e. The van der Waals surface area contributed by atoms with E-state index in [0.29, 0.717) is 0 Å². The van der Waals surface area contributed by atoms with Crippen molar-refractivity contribution in [1.29, 1.82) is 0 Å². The normalized spacial score (nSPS) is 17.6. The van der Waals surface area contributed by atoms with Crippen LogP contribution in [0.25, 0.3) is 6.08 Å². The van der Waals surface area contributed by atoms with Crippen molar-refractivity contribution < 1.29 is 10.2 Å². The summed E-state index contributed by atoms with van der Waals surface area (Å²) >= 11 is 0. The van der Waals surface area contributed by atoms with Gasteiger partial charge in [0, 0.05) is 17.7 Å². The fourth-order valence-electron chi connectivity index (χ4n) is 2.72. The molecular weight excluding hydrogens is 226 g/mol. The van der Waals surface area contributed by atoms with Gasteiger partial charge in [0.05, 0.1) is 0 Å². The van der Waals surface area contributed by atoms with Gasteiger partial charge in [0.2, 0.25) is 5.88 Å². The Morgan fingerprint density at radius 1 is 1.28 bits per heavy atom. The average Bonchev–Trinajstić information content (AvgIpc) is 2.66. The van der Waals surface area contributed by atoms with Gasteiger partial charge in [-0.2, -0.15) is 0 Å². The Morgan fingerprint density at radius 2 is 2.00 bits per heavy atom. The van der Waals surface area contributed by atoms with Crippen molar-refractivity contribution in [3.63, 3.8) is 0 Å². The van der Waals surface area contributed by atoms with E-state index >= 15 is 0 Å². The Morgan fingerprint density at radius 3 is 2.67 bits per heavy atom. The van der Waals surface area contributed by atoms with Crippen LogP contribution in [0.3, 0.4) is 0 Å². The van der Waals surface area contributed by atoms with Crippen LogP contribution in [0.5, 0.6) is 11.8 Å². The maximum Gasteiger partial charge on any atom is 0.201 e. The van der Waals surface area contributed by atoms with Crippen LogP contribution in [-0.4, -0.2) is 14.8 Å². The predicted molar refractivity (Wildman–Crippen MR) is 73.8 cm³/mol. The van der Waals surface area contributed by atoms with E-state index in [1.165, 1.54) is 19.3 Å². The molecule has 1 aromatic rings. The third kappa shape index (κ3) is 2.71. The van der Waals surface area contributed by atoms with E-state index in [9.17, 15) is 10.2 Å². The molecule has 1 fully saturated rings. The zero-order valence-corrected chi connectivity index (χ0v) is 11.1. The molecule has 1 aliphatic carbocycles. The van der Waals surface area contributed by atoms with Crippen molar-refractivity contribution in [2.24, 2.45) is 0 Å². The van der Waals surface area contributed by atoms with Crippen LogP contribution in [0, 0.1) is 0 Å². The molecule has 3 heteroatoms. The molecule has 1 aliphatic rings. The van der Waals surface area contributed by atoms with Crippen molar-refractivity contribution >= 4 is 6.08 Å². The highest BCUT2D eigenvalue weighted by Gasteiger charge is 2.22. The van der Waals surface area contributed by atoms with Crippen LogP contribution in [0.15, 0.2) is 12.1 Å². The Labute approximate surface area is 109 Å². The molecule has 0 radical (unpaired) electrons. The SMILES string of the molecule is CCC/C=C\c1cc(O)n(C2CCCCC2)c1O. The number of allylic oxidation sites excluding steroid dienone is 1. The summed E-state index contributed by atoms with van der Waals surface area (Å²) in [6.07, 6.45) is 11.8. The second-order valence-electron chi connectivity index (χ2n) is 5.13.